The molecule has 1 amide bonds. The van der Waals surface area contributed by atoms with Gasteiger partial charge in [0, 0.05) is 18.4 Å². The summed E-state index contributed by atoms with van der Waals surface area (Å²) in [6, 6.07) is 1.87. The van der Waals surface area contributed by atoms with Crippen molar-refractivity contribution >= 4 is 11.9 Å². The van der Waals surface area contributed by atoms with Crippen LogP contribution >= 0.6 is 0 Å². The van der Waals surface area contributed by atoms with Crippen LogP contribution < -0.4 is 5.32 Å². The van der Waals surface area contributed by atoms with Crippen LogP contribution in [0.4, 0.5) is 0 Å². The fraction of sp³-hybridized carbons (Fsp3) is 0.600. The molecule has 0 saturated heterocycles. The van der Waals surface area contributed by atoms with E-state index in [0.717, 1.165) is 29.9 Å². The van der Waals surface area contributed by atoms with Crippen molar-refractivity contribution in [1.82, 2.24) is 5.32 Å². The Bertz CT molecular complexity index is 530. The molecule has 2 rings (SSSR count). The van der Waals surface area contributed by atoms with Gasteiger partial charge < -0.3 is 14.8 Å². The van der Waals surface area contributed by atoms with Gasteiger partial charge in [0.15, 0.2) is 0 Å². The number of rotatable bonds is 4. The van der Waals surface area contributed by atoms with E-state index in [1.807, 2.05) is 13.0 Å². The fourth-order valence-corrected chi connectivity index (χ4v) is 2.80. The van der Waals surface area contributed by atoms with Gasteiger partial charge in [-0.15, -0.1) is 0 Å². The Morgan fingerprint density at radius 1 is 1.45 bits per heavy atom. The molecule has 1 atom stereocenters. The molecule has 0 spiro atoms. The van der Waals surface area contributed by atoms with Gasteiger partial charge in [-0.05, 0) is 24.8 Å². The Morgan fingerprint density at radius 3 is 2.80 bits per heavy atom. The number of hydrogen-bond acceptors (Lipinski definition) is 3. The number of aliphatic carboxylic acids is 1. The van der Waals surface area contributed by atoms with Crippen LogP contribution in [0.15, 0.2) is 10.5 Å². The van der Waals surface area contributed by atoms with Crippen LogP contribution in [0.1, 0.15) is 56.2 Å². The maximum atomic E-state index is 11.8. The van der Waals surface area contributed by atoms with Gasteiger partial charge in [-0.3, -0.25) is 9.59 Å². The van der Waals surface area contributed by atoms with Gasteiger partial charge in [-0.1, -0.05) is 13.8 Å². The Labute approximate surface area is 118 Å². The highest BCUT2D eigenvalue weighted by atomic mass is 16.4. The number of carbonyl (C=O) groups excluding carboxylic acids is 1. The third-order valence-corrected chi connectivity index (χ3v) is 3.64. The minimum Gasteiger partial charge on any atom is -0.481 e. The quantitative estimate of drug-likeness (QED) is 0.887. The summed E-state index contributed by atoms with van der Waals surface area (Å²) in [5, 5.41) is 11.6. The highest BCUT2D eigenvalue weighted by Crippen LogP contribution is 2.41. The number of aryl methyl sites for hydroxylation is 1. The summed E-state index contributed by atoms with van der Waals surface area (Å²) in [6.07, 6.45) is 1.56. The van der Waals surface area contributed by atoms with E-state index in [4.69, 9.17) is 9.52 Å². The van der Waals surface area contributed by atoms with Crippen molar-refractivity contribution in [1.29, 1.82) is 0 Å². The summed E-state index contributed by atoms with van der Waals surface area (Å²) in [5.74, 6) is 0.601. The molecule has 1 unspecified atom stereocenters. The lowest BCUT2D eigenvalue weighted by Gasteiger charge is -2.34. The molecule has 1 aliphatic carbocycles. The molecule has 0 radical (unpaired) electrons. The first-order valence-electron chi connectivity index (χ1n) is 6.87. The van der Waals surface area contributed by atoms with E-state index in [9.17, 15) is 9.59 Å². The maximum Gasteiger partial charge on any atom is 0.303 e. The number of carbonyl (C=O) groups is 2. The van der Waals surface area contributed by atoms with Crippen LogP contribution in [0.3, 0.4) is 0 Å². The van der Waals surface area contributed by atoms with E-state index in [0.29, 0.717) is 0 Å². The largest absolute Gasteiger partial charge is 0.481 e. The van der Waals surface area contributed by atoms with Gasteiger partial charge in [0.05, 0.1) is 12.5 Å². The summed E-state index contributed by atoms with van der Waals surface area (Å²) in [5.41, 5.74) is 1.09. The highest BCUT2D eigenvalue weighted by molar-refractivity contribution is 5.81. The van der Waals surface area contributed by atoms with Gasteiger partial charge in [-0.25, -0.2) is 0 Å². The molecule has 1 aliphatic rings. The van der Waals surface area contributed by atoms with Crippen LogP contribution in [0, 0.1) is 12.3 Å². The third kappa shape index (κ3) is 3.40. The third-order valence-electron chi connectivity index (χ3n) is 3.64. The fourth-order valence-electron chi connectivity index (χ4n) is 2.80. The maximum absolute atomic E-state index is 11.8. The Balaban J connectivity index is 2.10. The normalized spacial score (nSPS) is 20.2. The number of carboxylic acid groups (broad SMARTS) is 1. The Morgan fingerprint density at radius 2 is 2.15 bits per heavy atom. The van der Waals surface area contributed by atoms with Gasteiger partial charge >= 0.3 is 5.97 Å². The lowest BCUT2D eigenvalue weighted by atomic mass is 9.74. The van der Waals surface area contributed by atoms with Crippen molar-refractivity contribution in [2.45, 2.75) is 52.5 Å². The second-order valence-corrected chi connectivity index (χ2v) is 6.29. The molecular formula is C15H21NO4. The molecule has 0 bridgehead atoms. The number of carboxylic acids is 1. The summed E-state index contributed by atoms with van der Waals surface area (Å²) < 4.78 is 5.71. The Kier molecular flexibility index (Phi) is 3.88. The molecule has 1 heterocycles. The molecule has 1 aromatic heterocycles. The molecule has 110 valence electrons. The highest BCUT2D eigenvalue weighted by Gasteiger charge is 2.35. The molecule has 0 fully saturated rings. The number of nitrogens with one attached hydrogen (secondary N) is 1. The van der Waals surface area contributed by atoms with E-state index in [1.54, 1.807) is 0 Å². The van der Waals surface area contributed by atoms with Crippen LogP contribution in [-0.2, 0) is 16.0 Å². The average Bonchev–Trinajstić information content (AvgIpc) is 2.65. The topological polar surface area (TPSA) is 79.5 Å². The lowest BCUT2D eigenvalue weighted by molar-refractivity contribution is -0.139. The molecule has 0 aromatic carbocycles. The predicted molar refractivity (Wildman–Crippen MR) is 73.3 cm³/mol. The second-order valence-electron chi connectivity index (χ2n) is 6.29. The number of furan rings is 1. The standard InChI is InChI=1S/C15H21NO4/c1-9-6-10-11(16-13(17)4-5-14(18)19)7-15(2,3)8-12(10)20-9/h6,11H,4-5,7-8H2,1-3H3,(H,16,17)(H,18,19). The molecule has 5 heteroatoms. The SMILES string of the molecule is Cc1cc2c(o1)CC(C)(C)CC2NC(=O)CCC(=O)O. The van der Waals surface area contributed by atoms with Crippen molar-refractivity contribution in [2.75, 3.05) is 0 Å². The monoisotopic (exact) mass is 279 g/mol. The van der Waals surface area contributed by atoms with Gasteiger partial charge in [0.25, 0.3) is 0 Å². The first-order chi connectivity index (χ1) is 9.27. The van der Waals surface area contributed by atoms with E-state index in [-0.39, 0.29) is 30.2 Å². The van der Waals surface area contributed by atoms with Crippen molar-refractivity contribution in [3.63, 3.8) is 0 Å². The average molecular weight is 279 g/mol. The molecule has 0 saturated carbocycles. The first-order valence-corrected chi connectivity index (χ1v) is 6.87. The number of hydrogen-bond donors (Lipinski definition) is 2. The summed E-state index contributed by atoms with van der Waals surface area (Å²) in [6.45, 7) is 6.18. The van der Waals surface area contributed by atoms with Crippen LogP contribution in [0.25, 0.3) is 0 Å². The van der Waals surface area contributed by atoms with Gasteiger partial charge in [0.2, 0.25) is 5.91 Å². The minimum absolute atomic E-state index is 0.0123. The van der Waals surface area contributed by atoms with Crippen molar-refractivity contribution < 1.29 is 19.1 Å². The summed E-state index contributed by atoms with van der Waals surface area (Å²) in [4.78, 5) is 22.3. The van der Waals surface area contributed by atoms with Gasteiger partial charge in [-0.2, -0.15) is 0 Å². The smallest absolute Gasteiger partial charge is 0.303 e. The summed E-state index contributed by atoms with van der Waals surface area (Å²) in [7, 11) is 0. The first kappa shape index (κ1) is 14.6. The van der Waals surface area contributed by atoms with Crippen molar-refractivity contribution in [3.05, 3.63) is 23.2 Å². The van der Waals surface area contributed by atoms with Crippen LogP contribution in [0.2, 0.25) is 0 Å². The molecule has 20 heavy (non-hydrogen) atoms. The number of amides is 1. The van der Waals surface area contributed by atoms with Crippen LogP contribution in [-0.4, -0.2) is 17.0 Å². The second kappa shape index (κ2) is 5.31. The van der Waals surface area contributed by atoms with E-state index < -0.39 is 5.97 Å². The molecule has 1 aromatic rings. The number of fused-ring (bicyclic) bond motifs is 1. The predicted octanol–water partition coefficient (Wildman–Crippen LogP) is 2.58. The van der Waals surface area contributed by atoms with Crippen molar-refractivity contribution in [2.24, 2.45) is 5.41 Å². The van der Waals surface area contributed by atoms with Gasteiger partial charge in [0.1, 0.15) is 11.5 Å². The summed E-state index contributed by atoms with van der Waals surface area (Å²) >= 11 is 0. The lowest BCUT2D eigenvalue weighted by Crippen LogP contribution is -2.36. The molecule has 5 nitrogen and oxygen atoms in total. The zero-order chi connectivity index (χ0) is 14.9. The van der Waals surface area contributed by atoms with E-state index >= 15 is 0 Å². The zero-order valence-corrected chi connectivity index (χ0v) is 12.2. The van der Waals surface area contributed by atoms with Crippen molar-refractivity contribution in [3.8, 4) is 0 Å². The minimum atomic E-state index is -0.955. The van der Waals surface area contributed by atoms with E-state index in [1.165, 1.54) is 0 Å². The zero-order valence-electron chi connectivity index (χ0n) is 12.2. The molecular weight excluding hydrogens is 258 g/mol. The molecule has 2 N–H and O–H groups in total. The molecule has 0 aliphatic heterocycles. The Hall–Kier alpha value is -1.78. The van der Waals surface area contributed by atoms with Crippen LogP contribution in [0.5, 0.6) is 0 Å². The van der Waals surface area contributed by atoms with E-state index in [2.05, 4.69) is 19.2 Å².